The fourth-order valence-electron chi connectivity index (χ4n) is 3.36. The highest BCUT2D eigenvalue weighted by molar-refractivity contribution is 7.99. The van der Waals surface area contributed by atoms with Gasteiger partial charge in [0, 0.05) is 6.42 Å². The van der Waals surface area contributed by atoms with Crippen LogP contribution in [0.4, 0.5) is 0 Å². The van der Waals surface area contributed by atoms with Crippen molar-refractivity contribution in [3.8, 4) is 17.4 Å². The molecule has 4 aromatic rings. The van der Waals surface area contributed by atoms with E-state index in [-0.39, 0.29) is 28.8 Å². The normalized spacial score (nSPS) is 15.7. The second-order valence-corrected chi connectivity index (χ2v) is 7.81. The molecule has 9 nitrogen and oxygen atoms in total. The predicted octanol–water partition coefficient (Wildman–Crippen LogP) is 4.40. The van der Waals surface area contributed by atoms with Crippen molar-refractivity contribution in [3.05, 3.63) is 72.4 Å². The Balaban J connectivity index is 1.32. The molecule has 0 aliphatic carbocycles. The van der Waals surface area contributed by atoms with Crippen molar-refractivity contribution in [2.75, 3.05) is 12.9 Å². The molecule has 0 saturated carbocycles. The molecular weight excluding hydrogens is 432 g/mol. The zero-order valence-corrected chi connectivity index (χ0v) is 17.8. The molecular formula is C22H18N4O5S. The Kier molecular flexibility index (Phi) is 5.51. The Morgan fingerprint density at radius 3 is 2.66 bits per heavy atom. The van der Waals surface area contributed by atoms with Gasteiger partial charge in [0.1, 0.15) is 17.6 Å². The Morgan fingerprint density at radius 1 is 1.12 bits per heavy atom. The third-order valence-electron chi connectivity index (χ3n) is 4.92. The number of hydrogen-bond donors (Lipinski definition) is 0. The van der Waals surface area contributed by atoms with Gasteiger partial charge in [-0.3, -0.25) is 4.79 Å². The lowest BCUT2D eigenvalue weighted by molar-refractivity contribution is -0.130. The van der Waals surface area contributed by atoms with Crippen molar-refractivity contribution in [1.29, 1.82) is 0 Å². The van der Waals surface area contributed by atoms with Gasteiger partial charge in [0.15, 0.2) is 5.76 Å². The minimum atomic E-state index is -0.323. The summed E-state index contributed by atoms with van der Waals surface area (Å²) < 4.78 is 21.6. The maximum absolute atomic E-state index is 13.1. The van der Waals surface area contributed by atoms with Gasteiger partial charge in [-0.15, -0.1) is 10.2 Å². The number of methoxy groups -OCH3 is 1. The van der Waals surface area contributed by atoms with Crippen LogP contribution in [0.2, 0.25) is 0 Å². The van der Waals surface area contributed by atoms with Crippen molar-refractivity contribution in [3.63, 3.8) is 0 Å². The maximum Gasteiger partial charge on any atom is 0.284 e. The molecule has 1 amide bonds. The first-order valence-electron chi connectivity index (χ1n) is 9.79. The van der Waals surface area contributed by atoms with Crippen molar-refractivity contribution in [1.82, 2.24) is 15.2 Å². The van der Waals surface area contributed by atoms with Gasteiger partial charge in [0.2, 0.25) is 0 Å². The second kappa shape index (κ2) is 8.75. The van der Waals surface area contributed by atoms with E-state index in [0.29, 0.717) is 17.9 Å². The minimum absolute atomic E-state index is 0.0798. The quantitative estimate of drug-likeness (QED) is 0.381. The van der Waals surface area contributed by atoms with Crippen LogP contribution in [0.25, 0.3) is 11.7 Å². The van der Waals surface area contributed by atoms with Gasteiger partial charge in [-0.1, -0.05) is 11.8 Å². The molecule has 5 rings (SSSR count). The maximum atomic E-state index is 13.1. The lowest BCUT2D eigenvalue weighted by Crippen LogP contribution is -2.28. The number of thioether (sulfide) groups is 1. The number of aromatic nitrogens is 2. The molecule has 0 saturated heterocycles. The van der Waals surface area contributed by atoms with Gasteiger partial charge < -0.3 is 18.0 Å². The first-order chi connectivity index (χ1) is 15.7. The molecule has 1 aliphatic rings. The van der Waals surface area contributed by atoms with Crippen molar-refractivity contribution in [2.45, 2.75) is 17.7 Å². The van der Waals surface area contributed by atoms with E-state index in [9.17, 15) is 4.79 Å². The highest BCUT2D eigenvalue weighted by Crippen LogP contribution is 2.34. The largest absolute Gasteiger partial charge is 0.497 e. The summed E-state index contributed by atoms with van der Waals surface area (Å²) in [6.45, 7) is 0. The SMILES string of the molecule is COc1ccc(C2=NN(C(=O)CSc3nnc(-c4ccco4)o3)[C@H](c3ccco3)C2)cc1. The zero-order valence-electron chi connectivity index (χ0n) is 17.0. The number of ether oxygens (including phenoxy) is 1. The molecule has 3 aromatic heterocycles. The van der Waals surface area contributed by atoms with Crippen LogP contribution in [0.5, 0.6) is 5.75 Å². The molecule has 1 aromatic carbocycles. The summed E-state index contributed by atoms with van der Waals surface area (Å²) in [5.41, 5.74) is 1.72. The highest BCUT2D eigenvalue weighted by atomic mass is 32.2. The number of hydrazone groups is 1. The number of benzene rings is 1. The molecule has 1 aliphatic heterocycles. The topological polar surface area (TPSA) is 107 Å². The zero-order chi connectivity index (χ0) is 21.9. The predicted molar refractivity (Wildman–Crippen MR) is 115 cm³/mol. The molecule has 0 spiro atoms. The Hall–Kier alpha value is -3.79. The third kappa shape index (κ3) is 4.04. The van der Waals surface area contributed by atoms with Gasteiger partial charge >= 0.3 is 0 Å². The van der Waals surface area contributed by atoms with Crippen LogP contribution in [0.1, 0.15) is 23.8 Å². The molecule has 0 radical (unpaired) electrons. The molecule has 0 bridgehead atoms. The van der Waals surface area contributed by atoms with Crippen molar-refractivity contribution < 1.29 is 22.8 Å². The van der Waals surface area contributed by atoms with E-state index >= 15 is 0 Å². The standard InChI is InChI=1S/C22H18N4O5S/c1-28-15-8-6-14(7-9-15)16-12-17(18-4-2-10-29-18)26(25-16)20(27)13-32-22-24-23-21(31-22)19-5-3-11-30-19/h2-11,17H,12-13H2,1H3/t17-/m0/s1. The van der Waals surface area contributed by atoms with Gasteiger partial charge in [-0.2, -0.15) is 5.10 Å². The first kappa shape index (κ1) is 20.1. The summed E-state index contributed by atoms with van der Waals surface area (Å²) in [4.78, 5) is 13.1. The number of nitrogens with zero attached hydrogens (tertiary/aromatic N) is 4. The summed E-state index contributed by atoms with van der Waals surface area (Å²) in [6, 6.07) is 14.4. The molecule has 162 valence electrons. The molecule has 0 unspecified atom stereocenters. The van der Waals surface area contributed by atoms with E-state index in [1.54, 1.807) is 31.6 Å². The van der Waals surface area contributed by atoms with E-state index in [1.807, 2.05) is 30.3 Å². The summed E-state index contributed by atoms with van der Waals surface area (Å²) in [6.07, 6.45) is 3.66. The fraction of sp³-hybridized carbons (Fsp3) is 0.182. The van der Waals surface area contributed by atoms with Crippen molar-refractivity contribution in [2.24, 2.45) is 5.10 Å². The van der Waals surface area contributed by atoms with Crippen LogP contribution in [-0.4, -0.2) is 39.7 Å². The number of carbonyl (C=O) groups excluding carboxylic acids is 1. The second-order valence-electron chi connectivity index (χ2n) is 6.89. The van der Waals surface area contributed by atoms with E-state index < -0.39 is 0 Å². The fourth-order valence-corrected chi connectivity index (χ4v) is 3.97. The Bertz CT molecular complexity index is 1220. The van der Waals surface area contributed by atoms with Gasteiger partial charge in [0.05, 0.1) is 31.1 Å². The summed E-state index contributed by atoms with van der Waals surface area (Å²) in [7, 11) is 1.62. The minimum Gasteiger partial charge on any atom is -0.497 e. The molecule has 1 atom stereocenters. The van der Waals surface area contributed by atoms with Crippen LogP contribution in [0, 0.1) is 0 Å². The molecule has 4 heterocycles. The highest BCUT2D eigenvalue weighted by Gasteiger charge is 2.35. The molecule has 0 N–H and O–H groups in total. The number of furan rings is 2. The third-order valence-corrected chi connectivity index (χ3v) is 5.72. The lowest BCUT2D eigenvalue weighted by Gasteiger charge is -2.19. The molecule has 32 heavy (non-hydrogen) atoms. The summed E-state index contributed by atoms with van der Waals surface area (Å²) in [5.74, 6) is 2.05. The van der Waals surface area contributed by atoms with Gasteiger partial charge in [-0.05, 0) is 54.1 Å². The summed E-state index contributed by atoms with van der Waals surface area (Å²) in [5, 5.41) is 14.3. The average Bonchev–Trinajstić information content (AvgIpc) is 3.63. The lowest BCUT2D eigenvalue weighted by atomic mass is 10.0. The van der Waals surface area contributed by atoms with E-state index in [0.717, 1.165) is 28.8 Å². The molecule has 10 heteroatoms. The molecule has 0 fully saturated rings. The number of amides is 1. The number of hydrogen-bond acceptors (Lipinski definition) is 9. The first-order valence-corrected chi connectivity index (χ1v) is 10.8. The van der Waals surface area contributed by atoms with Gasteiger partial charge in [-0.25, -0.2) is 5.01 Å². The monoisotopic (exact) mass is 450 g/mol. The Labute approximate surface area is 187 Å². The van der Waals surface area contributed by atoms with Crippen LogP contribution >= 0.6 is 11.8 Å². The van der Waals surface area contributed by atoms with Gasteiger partial charge in [0.25, 0.3) is 17.0 Å². The summed E-state index contributed by atoms with van der Waals surface area (Å²) >= 11 is 1.15. The number of rotatable bonds is 7. The van der Waals surface area contributed by atoms with Crippen molar-refractivity contribution >= 4 is 23.4 Å². The van der Waals surface area contributed by atoms with Crippen LogP contribution < -0.4 is 4.74 Å². The van der Waals surface area contributed by atoms with Crippen LogP contribution in [-0.2, 0) is 4.79 Å². The van der Waals surface area contributed by atoms with E-state index in [1.165, 1.54) is 11.3 Å². The Morgan fingerprint density at radius 2 is 1.94 bits per heavy atom. The average molecular weight is 450 g/mol. The van der Waals surface area contributed by atoms with Crippen LogP contribution in [0.15, 0.2) is 84.6 Å². The van der Waals surface area contributed by atoms with E-state index in [2.05, 4.69) is 15.3 Å². The van der Waals surface area contributed by atoms with Crippen LogP contribution in [0.3, 0.4) is 0 Å². The number of carbonyl (C=O) groups is 1. The smallest absolute Gasteiger partial charge is 0.284 e. The van der Waals surface area contributed by atoms with E-state index in [4.69, 9.17) is 18.0 Å².